The lowest BCUT2D eigenvalue weighted by atomic mass is 9.87. The van der Waals surface area contributed by atoms with Crippen molar-refractivity contribution in [2.24, 2.45) is 0 Å². The highest BCUT2D eigenvalue weighted by molar-refractivity contribution is 5.77. The van der Waals surface area contributed by atoms with Crippen LogP contribution in [0.3, 0.4) is 0 Å². The number of anilines is 1. The maximum absolute atomic E-state index is 12.6. The van der Waals surface area contributed by atoms with Gasteiger partial charge < -0.3 is 19.6 Å². The summed E-state index contributed by atoms with van der Waals surface area (Å²) in [6.45, 7) is 7.14. The van der Waals surface area contributed by atoms with Gasteiger partial charge in [0.15, 0.2) is 0 Å². The molecule has 1 N–H and O–H groups in total. The molecule has 0 aliphatic carbocycles. The molecule has 3 aliphatic heterocycles. The number of carbonyl (C=O) groups excluding carboxylic acids is 1. The Balaban J connectivity index is 1.41. The molecule has 0 aromatic carbocycles. The SMILES string of the molecule is CC(C)(C)NC(=O)N1C2CC1CN(c1ccc(-c3noc(C(F)(F)F)n3)cn1)C2. The molecule has 2 amide bonds. The van der Waals surface area contributed by atoms with Gasteiger partial charge in [-0.15, -0.1) is 0 Å². The van der Waals surface area contributed by atoms with E-state index in [0.717, 1.165) is 6.42 Å². The number of hydrogen-bond acceptors (Lipinski definition) is 6. The van der Waals surface area contributed by atoms with E-state index >= 15 is 0 Å². The van der Waals surface area contributed by atoms with Crippen LogP contribution in [0.15, 0.2) is 22.9 Å². The summed E-state index contributed by atoms with van der Waals surface area (Å²) in [5.41, 5.74) is 0.0421. The lowest BCUT2D eigenvalue weighted by molar-refractivity contribution is -0.159. The molecule has 11 heteroatoms. The van der Waals surface area contributed by atoms with Gasteiger partial charge in [-0.05, 0) is 39.3 Å². The minimum Gasteiger partial charge on any atom is -0.352 e. The highest BCUT2D eigenvalue weighted by atomic mass is 19.4. The van der Waals surface area contributed by atoms with Gasteiger partial charge >= 0.3 is 18.1 Å². The summed E-state index contributed by atoms with van der Waals surface area (Å²) in [7, 11) is 0. The second-order valence-corrected chi connectivity index (χ2v) is 8.36. The van der Waals surface area contributed by atoms with Crippen molar-refractivity contribution < 1.29 is 22.5 Å². The van der Waals surface area contributed by atoms with E-state index in [1.54, 1.807) is 12.1 Å². The molecule has 2 aromatic rings. The summed E-state index contributed by atoms with van der Waals surface area (Å²) in [5.74, 6) is -0.858. The normalized spacial score (nSPS) is 21.7. The third-order valence-electron chi connectivity index (χ3n) is 4.91. The van der Waals surface area contributed by atoms with Crippen LogP contribution < -0.4 is 10.2 Å². The molecule has 2 atom stereocenters. The summed E-state index contributed by atoms with van der Waals surface area (Å²) in [4.78, 5) is 24.1. The fourth-order valence-electron chi connectivity index (χ4n) is 3.67. The Morgan fingerprint density at radius 3 is 2.41 bits per heavy atom. The van der Waals surface area contributed by atoms with E-state index in [9.17, 15) is 18.0 Å². The standard InChI is InChI=1S/C18H21F3N6O2/c1-17(2,3)24-16(28)27-11-6-12(27)9-26(8-11)13-5-4-10(7-22-13)14-23-15(29-25-14)18(19,20)21/h4-5,7,11-12H,6,8-9H2,1-3H3,(H,24,28). The van der Waals surface area contributed by atoms with Gasteiger partial charge in [-0.1, -0.05) is 5.16 Å². The first-order valence-corrected chi connectivity index (χ1v) is 9.24. The van der Waals surface area contributed by atoms with Crippen LogP contribution in [0.4, 0.5) is 23.8 Å². The Labute approximate surface area is 165 Å². The van der Waals surface area contributed by atoms with Crippen LogP contribution in [0, 0.1) is 0 Å². The third kappa shape index (κ3) is 3.85. The smallest absolute Gasteiger partial charge is 0.352 e. The number of rotatable bonds is 2. The lowest BCUT2D eigenvalue weighted by Gasteiger charge is -2.56. The van der Waals surface area contributed by atoms with Crippen LogP contribution in [0.25, 0.3) is 11.4 Å². The molecule has 3 fully saturated rings. The van der Waals surface area contributed by atoms with Crippen molar-refractivity contribution in [2.75, 3.05) is 18.0 Å². The van der Waals surface area contributed by atoms with Crippen LogP contribution >= 0.6 is 0 Å². The number of piperidine rings is 1. The second kappa shape index (κ2) is 6.60. The van der Waals surface area contributed by atoms with Crippen LogP contribution in [0.5, 0.6) is 0 Å². The van der Waals surface area contributed by atoms with Crippen molar-refractivity contribution in [1.29, 1.82) is 0 Å². The molecular weight excluding hydrogens is 389 g/mol. The van der Waals surface area contributed by atoms with E-state index in [2.05, 4.69) is 29.9 Å². The van der Waals surface area contributed by atoms with Gasteiger partial charge in [0.25, 0.3) is 0 Å². The first kappa shape index (κ1) is 19.5. The molecule has 2 unspecified atom stereocenters. The van der Waals surface area contributed by atoms with Gasteiger partial charge in [-0.3, -0.25) is 0 Å². The molecule has 29 heavy (non-hydrogen) atoms. The number of pyridine rings is 1. The quantitative estimate of drug-likeness (QED) is 0.819. The monoisotopic (exact) mass is 410 g/mol. The van der Waals surface area contributed by atoms with Crippen LogP contribution in [0.2, 0.25) is 0 Å². The molecular formula is C18H21F3N6O2. The molecule has 5 rings (SSSR count). The highest BCUT2D eigenvalue weighted by Gasteiger charge is 2.48. The van der Waals surface area contributed by atoms with Crippen molar-refractivity contribution >= 4 is 11.8 Å². The Bertz CT molecular complexity index is 894. The summed E-state index contributed by atoms with van der Waals surface area (Å²) in [6.07, 6.45) is -2.31. The number of nitrogens with zero attached hydrogens (tertiary/aromatic N) is 5. The van der Waals surface area contributed by atoms with Gasteiger partial charge in [0.05, 0.1) is 12.1 Å². The zero-order chi connectivity index (χ0) is 21.0. The number of piperazine rings is 1. The van der Waals surface area contributed by atoms with Gasteiger partial charge in [0.2, 0.25) is 5.82 Å². The minimum atomic E-state index is -4.68. The van der Waals surface area contributed by atoms with E-state index in [4.69, 9.17) is 0 Å². The van der Waals surface area contributed by atoms with E-state index in [1.165, 1.54) is 6.20 Å². The van der Waals surface area contributed by atoms with E-state index in [-0.39, 0.29) is 29.5 Å². The van der Waals surface area contributed by atoms with Crippen LogP contribution in [-0.2, 0) is 6.18 Å². The predicted molar refractivity (Wildman–Crippen MR) is 97.1 cm³/mol. The third-order valence-corrected chi connectivity index (χ3v) is 4.91. The summed E-state index contributed by atoms with van der Waals surface area (Å²) in [5, 5.41) is 6.35. The van der Waals surface area contributed by atoms with Gasteiger partial charge in [0, 0.05) is 30.4 Å². The molecule has 0 spiro atoms. The molecule has 8 nitrogen and oxygen atoms in total. The average Bonchev–Trinajstić information content (AvgIpc) is 3.10. The Hall–Kier alpha value is -2.85. The maximum atomic E-state index is 12.6. The van der Waals surface area contributed by atoms with Crippen molar-refractivity contribution in [3.8, 4) is 11.4 Å². The predicted octanol–water partition coefficient (Wildman–Crippen LogP) is 2.92. The number of nitrogens with one attached hydrogen (secondary N) is 1. The first-order valence-electron chi connectivity index (χ1n) is 9.24. The van der Waals surface area contributed by atoms with Crippen molar-refractivity contribution in [3.05, 3.63) is 24.2 Å². The number of urea groups is 1. The Morgan fingerprint density at radius 1 is 1.21 bits per heavy atom. The highest BCUT2D eigenvalue weighted by Crippen LogP contribution is 2.35. The fourth-order valence-corrected chi connectivity index (χ4v) is 3.67. The molecule has 3 saturated heterocycles. The van der Waals surface area contributed by atoms with Gasteiger partial charge in [-0.2, -0.15) is 18.2 Å². The zero-order valence-electron chi connectivity index (χ0n) is 16.2. The minimum absolute atomic E-state index is 0.0562. The van der Waals surface area contributed by atoms with Crippen molar-refractivity contribution in [2.45, 2.75) is 51.0 Å². The summed E-state index contributed by atoms with van der Waals surface area (Å²) in [6, 6.07) is 3.49. The molecule has 2 aromatic heterocycles. The molecule has 0 saturated carbocycles. The summed E-state index contributed by atoms with van der Waals surface area (Å²) < 4.78 is 42.0. The first-order chi connectivity index (χ1) is 13.5. The van der Waals surface area contributed by atoms with E-state index < -0.39 is 12.1 Å². The molecule has 2 bridgehead atoms. The number of fused-ring (bicyclic) bond motifs is 2. The van der Waals surface area contributed by atoms with E-state index in [1.807, 2.05) is 25.7 Å². The Kier molecular flexibility index (Phi) is 4.43. The number of aromatic nitrogens is 3. The zero-order valence-corrected chi connectivity index (χ0v) is 16.2. The second-order valence-electron chi connectivity index (χ2n) is 8.36. The molecule has 0 radical (unpaired) electrons. The van der Waals surface area contributed by atoms with Crippen LogP contribution in [0.1, 0.15) is 33.1 Å². The number of amides is 2. The topological polar surface area (TPSA) is 87.4 Å². The average molecular weight is 410 g/mol. The molecule has 3 aliphatic rings. The number of halogens is 3. The summed E-state index contributed by atoms with van der Waals surface area (Å²) >= 11 is 0. The van der Waals surface area contributed by atoms with Crippen LogP contribution in [-0.4, -0.2) is 56.8 Å². The fraction of sp³-hybridized carbons (Fsp3) is 0.556. The van der Waals surface area contributed by atoms with E-state index in [0.29, 0.717) is 24.5 Å². The number of alkyl halides is 3. The van der Waals surface area contributed by atoms with Crippen molar-refractivity contribution in [3.63, 3.8) is 0 Å². The number of carbonyl (C=O) groups is 1. The maximum Gasteiger partial charge on any atom is 0.471 e. The van der Waals surface area contributed by atoms with Gasteiger partial charge in [0.1, 0.15) is 5.82 Å². The van der Waals surface area contributed by atoms with Crippen molar-refractivity contribution in [1.82, 2.24) is 25.3 Å². The number of hydrogen-bond donors (Lipinski definition) is 1. The lowest BCUT2D eigenvalue weighted by Crippen LogP contribution is -2.72. The molecule has 156 valence electrons. The van der Waals surface area contributed by atoms with Gasteiger partial charge in [-0.25, -0.2) is 9.78 Å². The largest absolute Gasteiger partial charge is 0.471 e. The Morgan fingerprint density at radius 2 is 1.90 bits per heavy atom. The molecule has 5 heterocycles.